The molecule has 0 aliphatic rings. The van der Waals surface area contributed by atoms with Crippen LogP contribution in [0.3, 0.4) is 0 Å². The Kier molecular flexibility index (Phi) is 3.33. The second-order valence-electron chi connectivity index (χ2n) is 2.19. The van der Waals surface area contributed by atoms with Crippen LogP contribution >= 0.6 is 11.6 Å². The number of hydrogen-bond donors (Lipinski definition) is 3. The van der Waals surface area contributed by atoms with Crippen LogP contribution in [0, 0.1) is 0 Å². The van der Waals surface area contributed by atoms with Crippen LogP contribution in [0.4, 0.5) is 10.6 Å². The van der Waals surface area contributed by atoms with Crippen LogP contribution in [0.1, 0.15) is 0 Å². The third kappa shape index (κ3) is 3.16. The lowest BCUT2D eigenvalue weighted by molar-refractivity contribution is 0.244. The lowest BCUT2D eigenvalue weighted by atomic mass is 10.5. The van der Waals surface area contributed by atoms with Gasteiger partial charge in [-0.25, -0.2) is 9.78 Å². The molecule has 1 aromatic heterocycles. The van der Waals surface area contributed by atoms with E-state index in [-0.39, 0.29) is 6.03 Å². The summed E-state index contributed by atoms with van der Waals surface area (Å²) in [5.41, 5.74) is 4.93. The number of aromatic nitrogens is 1. The van der Waals surface area contributed by atoms with Crippen LogP contribution in [-0.4, -0.2) is 18.1 Å². The van der Waals surface area contributed by atoms with E-state index in [9.17, 15) is 4.79 Å². The SMILES string of the molecule is CNC(=O)NNc1cc(Cl)ccn1. The molecule has 0 spiro atoms. The number of pyridine rings is 1. The molecule has 1 heterocycles. The Balaban J connectivity index is 2.50. The topological polar surface area (TPSA) is 66.1 Å². The van der Waals surface area contributed by atoms with Crippen LogP contribution in [-0.2, 0) is 0 Å². The molecule has 0 aliphatic heterocycles. The Morgan fingerprint density at radius 3 is 3.00 bits per heavy atom. The number of anilines is 1. The molecule has 70 valence electrons. The van der Waals surface area contributed by atoms with Gasteiger partial charge in [-0.3, -0.25) is 10.9 Å². The van der Waals surface area contributed by atoms with Gasteiger partial charge in [-0.05, 0) is 6.07 Å². The minimum atomic E-state index is -0.346. The van der Waals surface area contributed by atoms with Crippen molar-refractivity contribution in [1.82, 2.24) is 15.7 Å². The van der Waals surface area contributed by atoms with E-state index in [2.05, 4.69) is 21.2 Å². The van der Waals surface area contributed by atoms with Crippen molar-refractivity contribution >= 4 is 23.4 Å². The Morgan fingerprint density at radius 1 is 1.62 bits per heavy atom. The summed E-state index contributed by atoms with van der Waals surface area (Å²) in [6.07, 6.45) is 1.54. The first-order valence-electron chi connectivity index (χ1n) is 3.57. The van der Waals surface area contributed by atoms with Crippen LogP contribution < -0.4 is 16.2 Å². The number of nitrogens with one attached hydrogen (secondary N) is 3. The van der Waals surface area contributed by atoms with Crippen LogP contribution in [0.15, 0.2) is 18.3 Å². The van der Waals surface area contributed by atoms with Gasteiger partial charge in [-0.2, -0.15) is 0 Å². The molecule has 0 bridgehead atoms. The van der Waals surface area contributed by atoms with Gasteiger partial charge >= 0.3 is 6.03 Å². The minimum absolute atomic E-state index is 0.346. The molecule has 13 heavy (non-hydrogen) atoms. The average Bonchev–Trinajstić information content (AvgIpc) is 2.14. The fraction of sp³-hybridized carbons (Fsp3) is 0.143. The van der Waals surface area contributed by atoms with Crippen molar-refractivity contribution in [2.24, 2.45) is 0 Å². The van der Waals surface area contributed by atoms with Gasteiger partial charge in [0.1, 0.15) is 5.82 Å². The standard InChI is InChI=1S/C7H9ClN4O/c1-9-7(13)12-11-6-4-5(8)2-3-10-6/h2-4H,1H3,(H,10,11)(H2,9,12,13). The summed E-state index contributed by atoms with van der Waals surface area (Å²) < 4.78 is 0. The van der Waals surface area contributed by atoms with Crippen molar-refractivity contribution in [3.63, 3.8) is 0 Å². The lowest BCUT2D eigenvalue weighted by Gasteiger charge is -2.06. The van der Waals surface area contributed by atoms with E-state index >= 15 is 0 Å². The molecule has 1 rings (SSSR count). The molecular weight excluding hydrogens is 192 g/mol. The first-order valence-corrected chi connectivity index (χ1v) is 3.95. The highest BCUT2D eigenvalue weighted by Gasteiger charge is 1.96. The minimum Gasteiger partial charge on any atom is -0.340 e. The van der Waals surface area contributed by atoms with Crippen molar-refractivity contribution in [3.05, 3.63) is 23.4 Å². The normalized spacial score (nSPS) is 9.08. The van der Waals surface area contributed by atoms with Gasteiger partial charge in [0.2, 0.25) is 0 Å². The van der Waals surface area contributed by atoms with E-state index in [0.29, 0.717) is 10.8 Å². The third-order valence-electron chi connectivity index (χ3n) is 1.25. The molecule has 0 aromatic carbocycles. The molecule has 0 fully saturated rings. The van der Waals surface area contributed by atoms with Gasteiger partial charge in [0.05, 0.1) is 0 Å². The summed E-state index contributed by atoms with van der Waals surface area (Å²) in [6, 6.07) is 2.89. The maximum atomic E-state index is 10.7. The Bertz CT molecular complexity index is 304. The van der Waals surface area contributed by atoms with Gasteiger partial charge in [0.15, 0.2) is 0 Å². The summed E-state index contributed by atoms with van der Waals surface area (Å²) in [6.45, 7) is 0. The number of nitrogens with zero attached hydrogens (tertiary/aromatic N) is 1. The smallest absolute Gasteiger partial charge is 0.333 e. The molecule has 1 aromatic rings. The zero-order chi connectivity index (χ0) is 9.68. The number of halogens is 1. The highest BCUT2D eigenvalue weighted by Crippen LogP contribution is 2.10. The van der Waals surface area contributed by atoms with Crippen molar-refractivity contribution in [2.45, 2.75) is 0 Å². The quantitative estimate of drug-likeness (QED) is 0.624. The summed E-state index contributed by atoms with van der Waals surface area (Å²) >= 11 is 5.69. The molecule has 0 saturated heterocycles. The lowest BCUT2D eigenvalue weighted by Crippen LogP contribution is -2.37. The number of hydrazine groups is 1. The molecule has 0 unspecified atom stereocenters. The van der Waals surface area contributed by atoms with Crippen molar-refractivity contribution < 1.29 is 4.79 Å². The average molecular weight is 201 g/mol. The maximum Gasteiger partial charge on any atom is 0.333 e. The molecule has 0 atom stereocenters. The van der Waals surface area contributed by atoms with Crippen molar-refractivity contribution in [3.8, 4) is 0 Å². The number of hydrogen-bond acceptors (Lipinski definition) is 3. The molecule has 5 nitrogen and oxygen atoms in total. The zero-order valence-electron chi connectivity index (χ0n) is 6.97. The number of amides is 2. The van der Waals surface area contributed by atoms with Gasteiger partial charge in [-0.1, -0.05) is 11.6 Å². The molecule has 0 aliphatic carbocycles. The summed E-state index contributed by atoms with van der Waals surface area (Å²) in [5.74, 6) is 0.483. The fourth-order valence-corrected chi connectivity index (χ4v) is 0.816. The Labute approximate surface area is 80.5 Å². The monoisotopic (exact) mass is 200 g/mol. The summed E-state index contributed by atoms with van der Waals surface area (Å²) in [7, 11) is 1.52. The second-order valence-corrected chi connectivity index (χ2v) is 2.62. The first-order chi connectivity index (χ1) is 6.22. The predicted molar refractivity (Wildman–Crippen MR) is 50.5 cm³/mol. The van der Waals surface area contributed by atoms with E-state index < -0.39 is 0 Å². The summed E-state index contributed by atoms with van der Waals surface area (Å²) in [4.78, 5) is 14.6. The number of carbonyl (C=O) groups is 1. The van der Waals surface area contributed by atoms with E-state index in [1.165, 1.54) is 13.2 Å². The van der Waals surface area contributed by atoms with Crippen molar-refractivity contribution in [1.29, 1.82) is 0 Å². The van der Waals surface area contributed by atoms with Gasteiger partial charge in [0, 0.05) is 24.3 Å². The molecule has 0 saturated carbocycles. The molecule has 2 amide bonds. The zero-order valence-corrected chi connectivity index (χ0v) is 7.72. The van der Waals surface area contributed by atoms with Crippen molar-refractivity contribution in [2.75, 3.05) is 12.5 Å². The van der Waals surface area contributed by atoms with E-state index in [1.54, 1.807) is 12.1 Å². The highest BCUT2D eigenvalue weighted by atomic mass is 35.5. The van der Waals surface area contributed by atoms with E-state index in [1.807, 2.05) is 0 Å². The molecule has 6 heteroatoms. The van der Waals surface area contributed by atoms with E-state index in [4.69, 9.17) is 11.6 Å². The second kappa shape index (κ2) is 4.51. The Morgan fingerprint density at radius 2 is 2.38 bits per heavy atom. The third-order valence-corrected chi connectivity index (χ3v) is 1.49. The predicted octanol–water partition coefficient (Wildman–Crippen LogP) is 0.991. The van der Waals surface area contributed by atoms with Crippen LogP contribution in [0.5, 0.6) is 0 Å². The highest BCUT2D eigenvalue weighted by molar-refractivity contribution is 6.30. The number of rotatable bonds is 2. The molecular formula is C7H9ClN4O. The molecule has 0 radical (unpaired) electrons. The van der Waals surface area contributed by atoms with Gasteiger partial charge < -0.3 is 5.32 Å². The van der Waals surface area contributed by atoms with Crippen LogP contribution in [0.25, 0.3) is 0 Å². The maximum absolute atomic E-state index is 10.7. The van der Waals surface area contributed by atoms with Crippen LogP contribution in [0.2, 0.25) is 5.02 Å². The Hall–Kier alpha value is -1.49. The first kappa shape index (κ1) is 9.60. The largest absolute Gasteiger partial charge is 0.340 e. The van der Waals surface area contributed by atoms with Gasteiger partial charge in [0.25, 0.3) is 0 Å². The fourth-order valence-electron chi connectivity index (χ4n) is 0.656. The number of carbonyl (C=O) groups excluding carboxylic acids is 1. The van der Waals surface area contributed by atoms with E-state index in [0.717, 1.165) is 0 Å². The summed E-state index contributed by atoms with van der Waals surface area (Å²) in [5, 5.41) is 2.93. The number of urea groups is 1. The van der Waals surface area contributed by atoms with Gasteiger partial charge in [-0.15, -0.1) is 0 Å². The molecule has 3 N–H and O–H groups in total.